The molecule has 3 aromatic carbocycles. The molecule has 1 fully saturated rings. The van der Waals surface area contributed by atoms with Crippen molar-refractivity contribution in [2.24, 2.45) is 0 Å². The van der Waals surface area contributed by atoms with Gasteiger partial charge in [0.25, 0.3) is 11.8 Å². The number of hydrogen-bond acceptors (Lipinski definition) is 5. The van der Waals surface area contributed by atoms with Crippen molar-refractivity contribution >= 4 is 17.5 Å². The van der Waals surface area contributed by atoms with E-state index >= 15 is 0 Å². The molecule has 0 aliphatic carbocycles. The van der Waals surface area contributed by atoms with Gasteiger partial charge < -0.3 is 23.8 Å². The van der Waals surface area contributed by atoms with Crippen molar-refractivity contribution in [2.75, 3.05) is 25.7 Å². The molecule has 1 saturated heterocycles. The predicted octanol–water partition coefficient (Wildman–Crippen LogP) is 7.14. The van der Waals surface area contributed by atoms with Crippen LogP contribution in [0, 0.1) is 0 Å². The number of para-hydroxylation sites is 2. The highest BCUT2D eigenvalue weighted by molar-refractivity contribution is 6.07. The van der Waals surface area contributed by atoms with Crippen LogP contribution >= 0.6 is 0 Å². The van der Waals surface area contributed by atoms with Crippen LogP contribution in [-0.2, 0) is 13.1 Å². The number of carbonyl (C=O) groups excluding carboxylic acids is 2. The summed E-state index contributed by atoms with van der Waals surface area (Å²) in [5.74, 6) is 1.17. The Labute approximate surface area is 268 Å². The number of methoxy groups -OCH3 is 2. The van der Waals surface area contributed by atoms with Crippen LogP contribution in [0.4, 0.5) is 5.69 Å². The van der Waals surface area contributed by atoms with E-state index in [-0.39, 0.29) is 17.9 Å². The van der Waals surface area contributed by atoms with Crippen LogP contribution in [0.1, 0.15) is 63.0 Å². The minimum absolute atomic E-state index is 0.00808. The standard InChI is InChI=1S/C38H36N4O4/c1-45-35-15-6-4-12-30(35)31-18-16-26(22-36(31)46-2)37(43)42-25-29-17-19-34(41(29)24-28-10-3-5-13-33(28)42)38(44)40-21-8-7-14-32(40)27-11-9-20-39-23-27/h3-6,9-13,15-20,22-23,32H,7-8,14,21,24-25H2,1-2H3. The Hall–Kier alpha value is -5.37. The quantitative estimate of drug-likeness (QED) is 0.204. The third-order valence-corrected chi connectivity index (χ3v) is 9.14. The Balaban J connectivity index is 1.23. The van der Waals surface area contributed by atoms with Gasteiger partial charge in [0.2, 0.25) is 0 Å². The maximum absolute atomic E-state index is 14.3. The number of carbonyl (C=O) groups is 2. The molecule has 4 heterocycles. The summed E-state index contributed by atoms with van der Waals surface area (Å²) in [7, 11) is 3.25. The van der Waals surface area contributed by atoms with E-state index in [2.05, 4.69) is 15.6 Å². The SMILES string of the molecule is COc1ccccc1-c1ccc(C(=O)N2Cc3ccc(C(=O)N4CCCCC4c4cccnc4)n3Cc3ccccc32)cc1OC. The van der Waals surface area contributed by atoms with Gasteiger partial charge in [-0.2, -0.15) is 0 Å². The Kier molecular flexibility index (Phi) is 8.01. The van der Waals surface area contributed by atoms with Gasteiger partial charge in [-0.25, -0.2) is 0 Å². The van der Waals surface area contributed by atoms with Crippen molar-refractivity contribution in [3.63, 3.8) is 0 Å². The van der Waals surface area contributed by atoms with Gasteiger partial charge in [-0.1, -0.05) is 42.5 Å². The number of rotatable bonds is 6. The van der Waals surface area contributed by atoms with Gasteiger partial charge in [-0.3, -0.25) is 14.6 Å². The van der Waals surface area contributed by atoms with Crippen LogP contribution in [0.15, 0.2) is 103 Å². The summed E-state index contributed by atoms with van der Waals surface area (Å²) in [5, 5.41) is 0. The van der Waals surface area contributed by atoms with Gasteiger partial charge in [0.1, 0.15) is 17.2 Å². The van der Waals surface area contributed by atoms with Gasteiger partial charge in [-0.05, 0) is 78.9 Å². The molecule has 2 aliphatic rings. The summed E-state index contributed by atoms with van der Waals surface area (Å²) in [6.07, 6.45) is 6.59. The molecule has 2 amide bonds. The normalized spacial score (nSPS) is 15.8. The average molecular weight is 613 g/mol. The first kappa shape index (κ1) is 29.3. The highest BCUT2D eigenvalue weighted by atomic mass is 16.5. The molecule has 1 unspecified atom stereocenters. The van der Waals surface area contributed by atoms with Crippen LogP contribution in [0.5, 0.6) is 11.5 Å². The number of piperidine rings is 1. The molecule has 0 saturated carbocycles. The average Bonchev–Trinajstić information content (AvgIpc) is 3.43. The van der Waals surface area contributed by atoms with Crippen LogP contribution < -0.4 is 14.4 Å². The number of likely N-dealkylation sites (tertiary alicyclic amines) is 1. The molecule has 1 atom stereocenters. The predicted molar refractivity (Wildman–Crippen MR) is 177 cm³/mol. The number of nitrogens with zero attached hydrogens (tertiary/aromatic N) is 4. The molecule has 46 heavy (non-hydrogen) atoms. The fraction of sp³-hybridized carbons (Fsp3) is 0.237. The Morgan fingerprint density at radius 3 is 2.41 bits per heavy atom. The molecule has 8 heteroatoms. The van der Waals surface area contributed by atoms with Crippen molar-refractivity contribution < 1.29 is 19.1 Å². The van der Waals surface area contributed by atoms with Crippen molar-refractivity contribution in [1.82, 2.24) is 14.5 Å². The fourth-order valence-corrected chi connectivity index (χ4v) is 6.84. The smallest absolute Gasteiger partial charge is 0.271 e. The minimum Gasteiger partial charge on any atom is -0.496 e. The number of benzene rings is 3. The third kappa shape index (κ3) is 5.30. The van der Waals surface area contributed by atoms with E-state index in [4.69, 9.17) is 9.47 Å². The minimum atomic E-state index is -0.146. The molecular weight excluding hydrogens is 576 g/mol. The summed E-state index contributed by atoms with van der Waals surface area (Å²) in [6.45, 7) is 1.52. The highest BCUT2D eigenvalue weighted by Gasteiger charge is 2.33. The van der Waals surface area contributed by atoms with E-state index in [1.165, 1.54) is 0 Å². The first-order chi connectivity index (χ1) is 22.6. The summed E-state index contributed by atoms with van der Waals surface area (Å²) >= 11 is 0. The second-order valence-corrected chi connectivity index (χ2v) is 11.7. The van der Waals surface area contributed by atoms with Crippen LogP contribution in [-0.4, -0.2) is 47.0 Å². The number of hydrogen-bond donors (Lipinski definition) is 0. The van der Waals surface area contributed by atoms with Crippen molar-refractivity contribution in [3.05, 3.63) is 131 Å². The van der Waals surface area contributed by atoms with E-state index in [9.17, 15) is 9.59 Å². The lowest BCUT2D eigenvalue weighted by atomic mass is 9.96. The Morgan fingerprint density at radius 2 is 1.59 bits per heavy atom. The second-order valence-electron chi connectivity index (χ2n) is 11.7. The molecule has 232 valence electrons. The van der Waals surface area contributed by atoms with E-state index in [1.807, 2.05) is 90.0 Å². The molecular formula is C38H36N4O4. The Bertz CT molecular complexity index is 1900. The summed E-state index contributed by atoms with van der Waals surface area (Å²) in [4.78, 5) is 36.7. The Morgan fingerprint density at radius 1 is 0.783 bits per heavy atom. The first-order valence-electron chi connectivity index (χ1n) is 15.7. The zero-order chi connectivity index (χ0) is 31.6. The van der Waals surface area contributed by atoms with Gasteiger partial charge in [0.15, 0.2) is 0 Å². The maximum Gasteiger partial charge on any atom is 0.271 e. The van der Waals surface area contributed by atoms with E-state index in [1.54, 1.807) is 31.4 Å². The van der Waals surface area contributed by atoms with E-state index in [0.717, 1.165) is 58.6 Å². The number of amides is 2. The zero-order valence-corrected chi connectivity index (χ0v) is 26.1. The van der Waals surface area contributed by atoms with Crippen LogP contribution in [0.3, 0.4) is 0 Å². The van der Waals surface area contributed by atoms with Crippen LogP contribution in [0.25, 0.3) is 11.1 Å². The van der Waals surface area contributed by atoms with Crippen molar-refractivity contribution in [2.45, 2.75) is 38.4 Å². The van der Waals surface area contributed by atoms with Gasteiger partial charge in [0.05, 0.1) is 33.4 Å². The molecule has 0 bridgehead atoms. The number of pyridine rings is 1. The fourth-order valence-electron chi connectivity index (χ4n) is 6.84. The number of anilines is 1. The topological polar surface area (TPSA) is 76.9 Å². The molecule has 0 spiro atoms. The summed E-state index contributed by atoms with van der Waals surface area (Å²) in [6, 6.07) is 29.1. The second kappa shape index (κ2) is 12.6. The van der Waals surface area contributed by atoms with Gasteiger partial charge in [0, 0.05) is 47.0 Å². The lowest BCUT2D eigenvalue weighted by Crippen LogP contribution is -2.39. The molecule has 0 N–H and O–H groups in total. The van der Waals surface area contributed by atoms with E-state index < -0.39 is 0 Å². The molecule has 2 aliphatic heterocycles. The van der Waals surface area contributed by atoms with Crippen LogP contribution in [0.2, 0.25) is 0 Å². The molecule has 5 aromatic rings. The number of ether oxygens (including phenoxy) is 2. The summed E-state index contributed by atoms with van der Waals surface area (Å²) < 4.78 is 13.4. The third-order valence-electron chi connectivity index (χ3n) is 9.14. The molecule has 2 aromatic heterocycles. The zero-order valence-electron chi connectivity index (χ0n) is 26.1. The van der Waals surface area contributed by atoms with Crippen molar-refractivity contribution in [1.29, 1.82) is 0 Å². The number of fused-ring (bicyclic) bond motifs is 2. The number of aromatic nitrogens is 2. The monoisotopic (exact) mass is 612 g/mol. The lowest BCUT2D eigenvalue weighted by Gasteiger charge is -2.36. The van der Waals surface area contributed by atoms with Gasteiger partial charge >= 0.3 is 0 Å². The maximum atomic E-state index is 14.3. The molecule has 8 nitrogen and oxygen atoms in total. The van der Waals surface area contributed by atoms with E-state index in [0.29, 0.717) is 36.6 Å². The largest absolute Gasteiger partial charge is 0.496 e. The summed E-state index contributed by atoms with van der Waals surface area (Å²) in [5.41, 5.74) is 6.64. The highest BCUT2D eigenvalue weighted by Crippen LogP contribution is 2.38. The lowest BCUT2D eigenvalue weighted by molar-refractivity contribution is 0.0600. The van der Waals surface area contributed by atoms with Gasteiger partial charge in [-0.15, -0.1) is 0 Å². The molecule has 0 radical (unpaired) electrons. The first-order valence-corrected chi connectivity index (χ1v) is 15.7. The molecule has 7 rings (SSSR count). The van der Waals surface area contributed by atoms with Crippen molar-refractivity contribution in [3.8, 4) is 22.6 Å².